The zero-order valence-electron chi connectivity index (χ0n) is 12.0. The van der Waals surface area contributed by atoms with E-state index < -0.39 is 0 Å². The highest BCUT2D eigenvalue weighted by molar-refractivity contribution is 8.06. The van der Waals surface area contributed by atoms with Crippen LogP contribution in [0.4, 0.5) is 17.3 Å². The summed E-state index contributed by atoms with van der Waals surface area (Å²) < 4.78 is 0. The molecule has 8 heteroatoms. The van der Waals surface area contributed by atoms with Gasteiger partial charge in [-0.1, -0.05) is 6.92 Å². The van der Waals surface area contributed by atoms with Gasteiger partial charge in [0.05, 0.1) is 17.1 Å². The van der Waals surface area contributed by atoms with Crippen molar-refractivity contribution < 1.29 is 4.92 Å². The largest absolute Gasteiger partial charge is 0.370 e. The number of anilines is 2. The van der Waals surface area contributed by atoms with E-state index >= 15 is 0 Å². The molecule has 0 bridgehead atoms. The summed E-state index contributed by atoms with van der Waals surface area (Å²) in [4.78, 5) is 15.0. The van der Waals surface area contributed by atoms with Crippen molar-refractivity contribution in [2.45, 2.75) is 18.6 Å². The molecule has 0 spiro atoms. The summed E-state index contributed by atoms with van der Waals surface area (Å²) in [7, 11) is 0. The number of aromatic nitrogens is 1. The van der Waals surface area contributed by atoms with Gasteiger partial charge in [0.25, 0.3) is 5.69 Å². The molecule has 1 aromatic rings. The van der Waals surface area contributed by atoms with Crippen LogP contribution in [0.25, 0.3) is 0 Å². The number of nitrogens with one attached hydrogen (secondary N) is 2. The molecular weight excluding hydrogens is 308 g/mol. The van der Waals surface area contributed by atoms with Gasteiger partial charge >= 0.3 is 0 Å². The van der Waals surface area contributed by atoms with Gasteiger partial charge < -0.3 is 10.6 Å². The lowest BCUT2D eigenvalue weighted by atomic mass is 10.3. The maximum absolute atomic E-state index is 11.0. The Morgan fingerprint density at radius 1 is 1.38 bits per heavy atom. The van der Waals surface area contributed by atoms with Gasteiger partial charge in [-0.3, -0.25) is 10.1 Å². The van der Waals surface area contributed by atoms with Gasteiger partial charge in [-0.05, 0) is 6.42 Å². The second-order valence-corrected chi connectivity index (χ2v) is 7.29. The summed E-state index contributed by atoms with van der Waals surface area (Å²) in [6.07, 6.45) is 0.947. The van der Waals surface area contributed by atoms with Crippen LogP contribution in [0.5, 0.6) is 0 Å². The highest BCUT2D eigenvalue weighted by Gasteiger charge is 2.16. The van der Waals surface area contributed by atoms with Crippen LogP contribution in [0, 0.1) is 10.1 Å². The summed E-state index contributed by atoms with van der Waals surface area (Å²) in [6, 6.07) is 2.98. The van der Waals surface area contributed by atoms with E-state index in [1.807, 2.05) is 30.4 Å². The van der Waals surface area contributed by atoms with E-state index in [4.69, 9.17) is 0 Å². The Kier molecular flexibility index (Phi) is 6.44. The Morgan fingerprint density at radius 3 is 2.76 bits per heavy atom. The number of nitrogens with zero attached hydrogens (tertiary/aromatic N) is 2. The van der Waals surface area contributed by atoms with Crippen molar-refractivity contribution in [1.29, 1.82) is 0 Å². The molecule has 1 aliphatic heterocycles. The molecule has 0 aliphatic carbocycles. The Labute approximate surface area is 133 Å². The second-order valence-electron chi connectivity index (χ2n) is 4.73. The molecule has 1 unspecified atom stereocenters. The first kappa shape index (κ1) is 16.2. The van der Waals surface area contributed by atoms with E-state index in [9.17, 15) is 10.1 Å². The fraction of sp³-hybridized carbons (Fsp3) is 0.615. The van der Waals surface area contributed by atoms with Crippen molar-refractivity contribution >= 4 is 40.8 Å². The van der Waals surface area contributed by atoms with Gasteiger partial charge in [-0.25, -0.2) is 4.98 Å². The summed E-state index contributed by atoms with van der Waals surface area (Å²) in [5.74, 6) is 4.62. The molecule has 1 aliphatic rings. The molecule has 2 rings (SSSR count). The van der Waals surface area contributed by atoms with Crippen molar-refractivity contribution in [1.82, 2.24) is 4.98 Å². The van der Waals surface area contributed by atoms with E-state index in [1.165, 1.54) is 23.6 Å². The van der Waals surface area contributed by atoms with Crippen molar-refractivity contribution in [3.8, 4) is 0 Å². The lowest BCUT2D eigenvalue weighted by Crippen LogP contribution is -2.23. The number of thioether (sulfide) groups is 2. The third-order valence-electron chi connectivity index (χ3n) is 2.97. The molecule has 116 valence electrons. The molecule has 1 fully saturated rings. The minimum Gasteiger partial charge on any atom is -0.370 e. The van der Waals surface area contributed by atoms with Gasteiger partial charge in [0, 0.05) is 35.6 Å². The van der Waals surface area contributed by atoms with Crippen LogP contribution in [0.3, 0.4) is 0 Å². The zero-order valence-corrected chi connectivity index (χ0v) is 13.6. The lowest BCUT2D eigenvalue weighted by Gasteiger charge is -2.21. The first-order valence-corrected chi connectivity index (χ1v) is 9.23. The molecule has 0 radical (unpaired) electrons. The van der Waals surface area contributed by atoms with E-state index in [-0.39, 0.29) is 10.6 Å². The molecule has 0 amide bonds. The summed E-state index contributed by atoms with van der Waals surface area (Å²) in [5.41, 5.74) is 0.0665. The topological polar surface area (TPSA) is 80.1 Å². The number of rotatable bonds is 7. The second kappa shape index (κ2) is 8.33. The Bertz CT molecular complexity index is 481. The van der Waals surface area contributed by atoms with Crippen LogP contribution in [0.2, 0.25) is 0 Å². The van der Waals surface area contributed by atoms with E-state index in [0.29, 0.717) is 16.9 Å². The average Bonchev–Trinajstić information content (AvgIpc) is 2.51. The minimum absolute atomic E-state index is 0.0665. The quantitative estimate of drug-likeness (QED) is 0.588. The van der Waals surface area contributed by atoms with E-state index in [1.54, 1.807) is 0 Å². The third-order valence-corrected chi connectivity index (χ3v) is 5.82. The van der Waals surface area contributed by atoms with Crippen molar-refractivity contribution in [3.05, 3.63) is 22.2 Å². The predicted molar refractivity (Wildman–Crippen MR) is 91.7 cm³/mol. The van der Waals surface area contributed by atoms with Gasteiger partial charge in [0.1, 0.15) is 11.6 Å². The average molecular weight is 328 g/mol. The number of pyridine rings is 1. The highest BCUT2D eigenvalue weighted by Crippen LogP contribution is 2.25. The monoisotopic (exact) mass is 328 g/mol. The van der Waals surface area contributed by atoms with Crippen LogP contribution in [0.15, 0.2) is 12.1 Å². The fourth-order valence-corrected chi connectivity index (χ4v) is 4.54. The smallest absolute Gasteiger partial charge is 0.276 e. The standard InChI is InChI=1S/C13H20N4O2S2/c1-2-3-14-12-6-10(17(18)19)7-13(16-12)15-8-11-9-20-4-5-21-11/h6-7,11H,2-5,8-9H2,1H3,(H2,14,15,16). The number of hydrogen-bond acceptors (Lipinski definition) is 7. The first-order chi connectivity index (χ1) is 10.2. The van der Waals surface area contributed by atoms with Crippen molar-refractivity contribution in [3.63, 3.8) is 0 Å². The van der Waals surface area contributed by atoms with Gasteiger partial charge in [-0.2, -0.15) is 23.5 Å². The SMILES string of the molecule is CCCNc1cc([N+](=O)[O-])cc(NCC2CSCCS2)n1. The van der Waals surface area contributed by atoms with Crippen molar-refractivity contribution in [2.24, 2.45) is 0 Å². The molecular formula is C13H20N4O2S2. The molecule has 2 N–H and O–H groups in total. The summed E-state index contributed by atoms with van der Waals surface area (Å²) in [5, 5.41) is 17.9. The highest BCUT2D eigenvalue weighted by atomic mass is 32.2. The molecule has 2 heterocycles. The lowest BCUT2D eigenvalue weighted by molar-refractivity contribution is -0.384. The molecule has 1 atom stereocenters. The van der Waals surface area contributed by atoms with Crippen LogP contribution >= 0.6 is 23.5 Å². The molecule has 0 aromatic carbocycles. The van der Waals surface area contributed by atoms with Gasteiger partial charge in [0.15, 0.2) is 0 Å². The van der Waals surface area contributed by atoms with Gasteiger partial charge in [0.2, 0.25) is 0 Å². The van der Waals surface area contributed by atoms with E-state index in [0.717, 1.165) is 25.3 Å². The molecule has 1 saturated heterocycles. The molecule has 0 saturated carbocycles. The Hall–Kier alpha value is -1.15. The summed E-state index contributed by atoms with van der Waals surface area (Å²) in [6.45, 7) is 3.59. The van der Waals surface area contributed by atoms with Crippen LogP contribution in [0.1, 0.15) is 13.3 Å². The fourth-order valence-electron chi connectivity index (χ4n) is 1.93. The third kappa shape index (κ3) is 5.28. The number of hydrogen-bond donors (Lipinski definition) is 2. The number of nitro groups is 1. The van der Waals surface area contributed by atoms with Crippen LogP contribution in [-0.4, -0.2) is 45.5 Å². The summed E-state index contributed by atoms with van der Waals surface area (Å²) >= 11 is 3.91. The first-order valence-electron chi connectivity index (χ1n) is 7.02. The Balaban J connectivity index is 2.02. The molecule has 6 nitrogen and oxygen atoms in total. The Morgan fingerprint density at radius 2 is 2.14 bits per heavy atom. The molecule has 21 heavy (non-hydrogen) atoms. The van der Waals surface area contributed by atoms with E-state index in [2.05, 4.69) is 15.6 Å². The van der Waals surface area contributed by atoms with Crippen LogP contribution < -0.4 is 10.6 Å². The van der Waals surface area contributed by atoms with Crippen LogP contribution in [-0.2, 0) is 0 Å². The van der Waals surface area contributed by atoms with Crippen molar-refractivity contribution in [2.75, 3.05) is 41.0 Å². The zero-order chi connectivity index (χ0) is 15.1. The molecule has 1 aromatic heterocycles. The minimum atomic E-state index is -0.380. The predicted octanol–water partition coefficient (Wildman–Crippen LogP) is 3.07. The maximum Gasteiger partial charge on any atom is 0.276 e. The van der Waals surface area contributed by atoms with Gasteiger partial charge in [-0.15, -0.1) is 0 Å². The maximum atomic E-state index is 11.0. The normalized spacial score (nSPS) is 18.2.